The fraction of sp³-hybridized carbons (Fsp3) is 0.722. The summed E-state index contributed by atoms with van der Waals surface area (Å²) in [6.45, 7) is 9.93. The molecule has 0 aromatic rings. The molecule has 3 atom stereocenters. The summed E-state index contributed by atoms with van der Waals surface area (Å²) < 4.78 is 0. The molecule has 0 aromatic carbocycles. The third-order valence-electron chi connectivity index (χ3n) is 4.91. The summed E-state index contributed by atoms with van der Waals surface area (Å²) in [5.74, 6) is -1.22. The number of urea groups is 1. The van der Waals surface area contributed by atoms with Gasteiger partial charge in [-0.05, 0) is 23.7 Å². The lowest BCUT2D eigenvalue weighted by molar-refractivity contribution is -0.151. The topological polar surface area (TPSA) is 98.7 Å². The van der Waals surface area contributed by atoms with Crippen molar-refractivity contribution in [2.75, 3.05) is 6.54 Å². The number of carboxylic acid groups (broad SMARTS) is 1. The number of likely N-dealkylation sites (tertiary alicyclic amines) is 1. The van der Waals surface area contributed by atoms with E-state index in [0.29, 0.717) is 13.0 Å². The van der Waals surface area contributed by atoms with Crippen molar-refractivity contribution < 1.29 is 19.5 Å². The lowest BCUT2D eigenvalue weighted by Gasteiger charge is -2.35. The highest BCUT2D eigenvalue weighted by atomic mass is 16.4. The fourth-order valence-corrected chi connectivity index (χ4v) is 3.37. The van der Waals surface area contributed by atoms with Gasteiger partial charge in [0.05, 0.1) is 6.04 Å². The lowest BCUT2D eigenvalue weighted by atomic mass is 9.85. The van der Waals surface area contributed by atoms with Crippen LogP contribution in [0.1, 0.15) is 41.0 Å². The van der Waals surface area contributed by atoms with Crippen LogP contribution in [0.15, 0.2) is 12.2 Å². The molecule has 2 rings (SSSR count). The number of rotatable bonds is 5. The number of nitrogens with one attached hydrogen (secondary N) is 2. The van der Waals surface area contributed by atoms with Gasteiger partial charge < -0.3 is 20.6 Å². The van der Waals surface area contributed by atoms with Crippen LogP contribution < -0.4 is 10.6 Å². The first-order chi connectivity index (χ1) is 11.5. The number of hydrogen-bond donors (Lipinski definition) is 3. The van der Waals surface area contributed by atoms with Crippen LogP contribution in [0.3, 0.4) is 0 Å². The minimum Gasteiger partial charge on any atom is -0.480 e. The van der Waals surface area contributed by atoms with E-state index in [0.717, 1.165) is 0 Å². The molecule has 1 saturated heterocycles. The number of amides is 3. The number of carbonyl (C=O) groups is 3. The summed E-state index contributed by atoms with van der Waals surface area (Å²) in [7, 11) is 0. The molecule has 0 spiro atoms. The summed E-state index contributed by atoms with van der Waals surface area (Å²) >= 11 is 0. The van der Waals surface area contributed by atoms with Crippen LogP contribution in [0.4, 0.5) is 4.79 Å². The van der Waals surface area contributed by atoms with Crippen molar-refractivity contribution in [2.24, 2.45) is 17.3 Å². The van der Waals surface area contributed by atoms with Crippen LogP contribution in [0.2, 0.25) is 0 Å². The summed E-state index contributed by atoms with van der Waals surface area (Å²) in [5, 5.41) is 15.1. The minimum atomic E-state index is -0.983. The van der Waals surface area contributed by atoms with Crippen molar-refractivity contribution >= 4 is 17.9 Å². The minimum absolute atomic E-state index is 0.0559. The van der Waals surface area contributed by atoms with Crippen molar-refractivity contribution in [3.05, 3.63) is 12.2 Å². The van der Waals surface area contributed by atoms with Gasteiger partial charge in [0.25, 0.3) is 0 Å². The number of hydrogen-bond acceptors (Lipinski definition) is 3. The van der Waals surface area contributed by atoms with E-state index >= 15 is 0 Å². The van der Waals surface area contributed by atoms with Crippen molar-refractivity contribution in [3.63, 3.8) is 0 Å². The van der Waals surface area contributed by atoms with Crippen LogP contribution in [0.5, 0.6) is 0 Å². The monoisotopic (exact) mass is 351 g/mol. The molecular formula is C18H29N3O4. The molecule has 0 aromatic heterocycles. The van der Waals surface area contributed by atoms with E-state index in [1.807, 2.05) is 46.8 Å². The van der Waals surface area contributed by atoms with E-state index in [1.54, 1.807) is 0 Å². The zero-order chi connectivity index (χ0) is 18.9. The van der Waals surface area contributed by atoms with Gasteiger partial charge in [0.1, 0.15) is 12.1 Å². The lowest BCUT2D eigenvalue weighted by Crippen LogP contribution is -2.59. The Kier molecular flexibility index (Phi) is 5.44. The highest BCUT2D eigenvalue weighted by Crippen LogP contribution is 2.33. The second kappa shape index (κ2) is 7.06. The zero-order valence-corrected chi connectivity index (χ0v) is 15.6. The molecule has 7 nitrogen and oxygen atoms in total. The number of carboxylic acids is 1. The SMILES string of the molecule is CC(C)[C@H]1CCN(C(=O)[C@@H](NC(=O)NC2C=C2)C(C)(C)C)[C@@H]1C(=O)O. The Balaban J connectivity index is 2.17. The Labute approximate surface area is 148 Å². The maximum atomic E-state index is 13.1. The maximum Gasteiger partial charge on any atom is 0.326 e. The molecular weight excluding hydrogens is 322 g/mol. The molecule has 1 heterocycles. The van der Waals surface area contributed by atoms with Crippen LogP contribution in [-0.2, 0) is 9.59 Å². The molecule has 1 fully saturated rings. The zero-order valence-electron chi connectivity index (χ0n) is 15.6. The van der Waals surface area contributed by atoms with E-state index in [2.05, 4.69) is 10.6 Å². The number of carbonyl (C=O) groups excluding carboxylic acids is 2. The normalized spacial score (nSPS) is 24.3. The molecule has 0 radical (unpaired) electrons. The molecule has 2 aliphatic rings. The first-order valence-electron chi connectivity index (χ1n) is 8.81. The molecule has 25 heavy (non-hydrogen) atoms. The molecule has 1 aliphatic carbocycles. The third kappa shape index (κ3) is 4.52. The highest BCUT2D eigenvalue weighted by Gasteiger charge is 2.47. The Morgan fingerprint density at radius 2 is 1.80 bits per heavy atom. The number of aliphatic carboxylic acids is 1. The first-order valence-corrected chi connectivity index (χ1v) is 8.81. The highest BCUT2D eigenvalue weighted by molar-refractivity contribution is 5.91. The van der Waals surface area contributed by atoms with E-state index in [4.69, 9.17) is 0 Å². The Hall–Kier alpha value is -2.05. The van der Waals surface area contributed by atoms with Gasteiger partial charge in [-0.2, -0.15) is 0 Å². The standard InChI is InChI=1S/C18H29N3O4/c1-10(2)12-8-9-21(13(12)16(23)24)15(22)14(18(3,4)5)20-17(25)19-11-6-7-11/h6-7,10-14H,8-9H2,1-5H3,(H,23,24)(H2,19,20,25)/t12-,13+,14-/m1/s1. The van der Waals surface area contributed by atoms with Crippen molar-refractivity contribution in [1.82, 2.24) is 15.5 Å². The fourth-order valence-electron chi connectivity index (χ4n) is 3.37. The summed E-state index contributed by atoms with van der Waals surface area (Å²) in [6.07, 6.45) is 4.33. The quantitative estimate of drug-likeness (QED) is 0.655. The Bertz CT molecular complexity index is 573. The third-order valence-corrected chi connectivity index (χ3v) is 4.91. The molecule has 0 saturated carbocycles. The van der Waals surface area contributed by atoms with Gasteiger partial charge in [-0.1, -0.05) is 46.8 Å². The maximum absolute atomic E-state index is 13.1. The van der Waals surface area contributed by atoms with Crippen molar-refractivity contribution in [2.45, 2.75) is 59.2 Å². The van der Waals surface area contributed by atoms with Gasteiger partial charge in [0.2, 0.25) is 5.91 Å². The summed E-state index contributed by atoms with van der Waals surface area (Å²) in [5.41, 5.74) is -0.537. The second-order valence-electron chi connectivity index (χ2n) is 8.34. The van der Waals surface area contributed by atoms with Gasteiger partial charge in [-0.15, -0.1) is 0 Å². The predicted octanol–water partition coefficient (Wildman–Crippen LogP) is 1.60. The molecule has 0 bridgehead atoms. The Morgan fingerprint density at radius 1 is 1.20 bits per heavy atom. The van der Waals surface area contributed by atoms with Crippen LogP contribution in [0.25, 0.3) is 0 Å². The summed E-state index contributed by atoms with van der Waals surface area (Å²) in [6, 6.07) is -2.11. The van der Waals surface area contributed by atoms with Gasteiger partial charge >= 0.3 is 12.0 Å². The van der Waals surface area contributed by atoms with Crippen LogP contribution >= 0.6 is 0 Å². The largest absolute Gasteiger partial charge is 0.480 e. The molecule has 7 heteroatoms. The molecule has 140 valence electrons. The molecule has 1 aliphatic heterocycles. The molecule has 3 amide bonds. The number of nitrogens with zero attached hydrogens (tertiary/aromatic N) is 1. The van der Waals surface area contributed by atoms with E-state index in [9.17, 15) is 19.5 Å². The van der Waals surface area contributed by atoms with Gasteiger partial charge in [0, 0.05) is 6.54 Å². The van der Waals surface area contributed by atoms with E-state index in [1.165, 1.54) is 4.90 Å². The molecule has 3 N–H and O–H groups in total. The van der Waals surface area contributed by atoms with E-state index < -0.39 is 29.5 Å². The Morgan fingerprint density at radius 3 is 2.24 bits per heavy atom. The van der Waals surface area contributed by atoms with Gasteiger partial charge in [-0.25, -0.2) is 9.59 Å². The van der Waals surface area contributed by atoms with Gasteiger partial charge in [-0.3, -0.25) is 4.79 Å². The summed E-state index contributed by atoms with van der Waals surface area (Å²) in [4.78, 5) is 38.4. The van der Waals surface area contributed by atoms with Crippen LogP contribution in [0, 0.1) is 17.3 Å². The van der Waals surface area contributed by atoms with Crippen molar-refractivity contribution in [1.29, 1.82) is 0 Å². The smallest absolute Gasteiger partial charge is 0.326 e. The van der Waals surface area contributed by atoms with Crippen LogP contribution in [-0.4, -0.2) is 52.6 Å². The predicted molar refractivity (Wildman–Crippen MR) is 93.9 cm³/mol. The molecule has 0 unspecified atom stereocenters. The van der Waals surface area contributed by atoms with Gasteiger partial charge in [0.15, 0.2) is 0 Å². The first kappa shape index (κ1) is 19.3. The van der Waals surface area contributed by atoms with Crippen molar-refractivity contribution in [3.8, 4) is 0 Å². The van der Waals surface area contributed by atoms with E-state index in [-0.39, 0.29) is 23.8 Å². The average Bonchev–Trinajstić information content (AvgIpc) is 3.15. The second-order valence-corrected chi connectivity index (χ2v) is 8.34. The average molecular weight is 351 g/mol.